The zero-order valence-corrected chi connectivity index (χ0v) is 15.3. The average molecular weight is 347 g/mol. The van der Waals surface area contributed by atoms with Crippen LogP contribution < -0.4 is 5.32 Å². The van der Waals surface area contributed by atoms with Gasteiger partial charge < -0.3 is 14.6 Å². The molecule has 4 fully saturated rings. The number of rotatable bonds is 7. The molecular weight excluding hydrogens is 318 g/mol. The molecule has 6 heteroatoms. The maximum atomic E-state index is 12.7. The number of hydrogen-bond donors (Lipinski definition) is 1. The van der Waals surface area contributed by atoms with Gasteiger partial charge in [-0.15, -0.1) is 0 Å². The first-order chi connectivity index (χ1) is 12.0. The number of carbonyl (C=O) groups excluding carboxylic acids is 1. The van der Waals surface area contributed by atoms with Gasteiger partial charge in [-0.3, -0.25) is 4.79 Å². The van der Waals surface area contributed by atoms with Gasteiger partial charge in [0.05, 0.1) is 6.61 Å². The summed E-state index contributed by atoms with van der Waals surface area (Å²) in [5.74, 6) is 3.84. The third-order valence-corrected chi connectivity index (χ3v) is 6.46. The summed E-state index contributed by atoms with van der Waals surface area (Å²) in [7, 11) is 1.65. The van der Waals surface area contributed by atoms with Gasteiger partial charge in [0.15, 0.2) is 5.82 Å². The quantitative estimate of drug-likeness (QED) is 0.820. The van der Waals surface area contributed by atoms with Gasteiger partial charge in [-0.2, -0.15) is 4.98 Å². The molecular formula is C19H29N3O3. The second-order valence-corrected chi connectivity index (χ2v) is 8.68. The predicted octanol–water partition coefficient (Wildman–Crippen LogP) is 3.04. The van der Waals surface area contributed by atoms with Crippen molar-refractivity contribution in [2.75, 3.05) is 13.7 Å². The van der Waals surface area contributed by atoms with Crippen LogP contribution in [0.5, 0.6) is 0 Å². The zero-order valence-electron chi connectivity index (χ0n) is 15.3. The van der Waals surface area contributed by atoms with Crippen LogP contribution in [0.4, 0.5) is 0 Å². The molecule has 4 bridgehead atoms. The van der Waals surface area contributed by atoms with E-state index in [1.54, 1.807) is 7.11 Å². The Labute approximate surface area is 149 Å². The Hall–Kier alpha value is -1.43. The molecule has 0 aliphatic heterocycles. The van der Waals surface area contributed by atoms with Crippen LogP contribution in [0.15, 0.2) is 4.52 Å². The van der Waals surface area contributed by atoms with Crippen molar-refractivity contribution in [3.63, 3.8) is 0 Å². The van der Waals surface area contributed by atoms with Crippen molar-refractivity contribution in [1.29, 1.82) is 0 Å². The van der Waals surface area contributed by atoms with E-state index in [0.717, 1.165) is 17.8 Å². The number of ether oxygens (including phenoxy) is 1. The lowest BCUT2D eigenvalue weighted by Gasteiger charge is -2.56. The maximum absolute atomic E-state index is 12.7. The van der Waals surface area contributed by atoms with Crippen LogP contribution in [0, 0.1) is 23.2 Å². The Morgan fingerprint density at radius 3 is 2.52 bits per heavy atom. The van der Waals surface area contributed by atoms with E-state index in [1.807, 2.05) is 6.92 Å². The van der Waals surface area contributed by atoms with E-state index in [4.69, 9.17) is 9.26 Å². The Balaban J connectivity index is 1.33. The lowest BCUT2D eigenvalue weighted by atomic mass is 9.49. The summed E-state index contributed by atoms with van der Waals surface area (Å²) in [6.07, 6.45) is 9.25. The molecule has 4 aliphatic carbocycles. The Kier molecular flexibility index (Phi) is 4.56. The topological polar surface area (TPSA) is 77.3 Å². The van der Waals surface area contributed by atoms with Crippen LogP contribution in [-0.4, -0.2) is 29.8 Å². The third kappa shape index (κ3) is 3.59. The van der Waals surface area contributed by atoms with E-state index < -0.39 is 0 Å². The number of aromatic nitrogens is 2. The third-order valence-electron chi connectivity index (χ3n) is 6.46. The second-order valence-electron chi connectivity index (χ2n) is 8.68. The van der Waals surface area contributed by atoms with Gasteiger partial charge in [0, 0.05) is 20.0 Å². The van der Waals surface area contributed by atoms with Gasteiger partial charge in [0.2, 0.25) is 11.8 Å². The van der Waals surface area contributed by atoms with Crippen LogP contribution in [-0.2, 0) is 16.0 Å². The molecule has 138 valence electrons. The fourth-order valence-corrected chi connectivity index (χ4v) is 5.94. The zero-order chi connectivity index (χ0) is 17.4. The molecule has 0 spiro atoms. The van der Waals surface area contributed by atoms with Gasteiger partial charge in [0.25, 0.3) is 0 Å². The summed E-state index contributed by atoms with van der Waals surface area (Å²) in [5.41, 5.74) is 0.261. The van der Waals surface area contributed by atoms with E-state index in [1.165, 1.54) is 38.5 Å². The van der Waals surface area contributed by atoms with E-state index in [0.29, 0.717) is 31.2 Å². The Bertz CT molecular complexity index is 592. The van der Waals surface area contributed by atoms with Crippen molar-refractivity contribution in [1.82, 2.24) is 15.5 Å². The van der Waals surface area contributed by atoms with Gasteiger partial charge in [0.1, 0.15) is 6.04 Å². The van der Waals surface area contributed by atoms with E-state index >= 15 is 0 Å². The van der Waals surface area contributed by atoms with Crippen molar-refractivity contribution in [2.24, 2.45) is 23.2 Å². The van der Waals surface area contributed by atoms with Crippen LogP contribution >= 0.6 is 0 Å². The SMILES string of the molecule is COCCc1noc(C(C)NC(=O)CC23CC4CC(CC(C4)C2)C3)n1. The highest BCUT2D eigenvalue weighted by molar-refractivity contribution is 5.77. The molecule has 1 aromatic heterocycles. The molecule has 1 atom stereocenters. The summed E-state index contributed by atoms with van der Waals surface area (Å²) in [6.45, 7) is 2.47. The smallest absolute Gasteiger partial charge is 0.248 e. The highest BCUT2D eigenvalue weighted by atomic mass is 16.5. The van der Waals surface area contributed by atoms with Crippen LogP contribution in [0.3, 0.4) is 0 Å². The molecule has 1 amide bonds. The summed E-state index contributed by atoms with van der Waals surface area (Å²) >= 11 is 0. The number of carbonyl (C=O) groups is 1. The standard InChI is InChI=1S/C19H29N3O3/c1-12(18-21-16(22-25-18)3-4-24-2)20-17(23)11-19-8-13-5-14(9-19)7-15(6-13)10-19/h12-15H,3-11H2,1-2H3,(H,20,23). The largest absolute Gasteiger partial charge is 0.384 e. The van der Waals surface area contributed by atoms with Crippen molar-refractivity contribution >= 4 is 5.91 Å². The highest BCUT2D eigenvalue weighted by Crippen LogP contribution is 2.61. The van der Waals surface area contributed by atoms with Crippen LogP contribution in [0.2, 0.25) is 0 Å². The lowest BCUT2D eigenvalue weighted by Crippen LogP contribution is -2.48. The highest BCUT2D eigenvalue weighted by Gasteiger charge is 2.51. The van der Waals surface area contributed by atoms with Crippen molar-refractivity contribution < 1.29 is 14.1 Å². The van der Waals surface area contributed by atoms with Crippen molar-refractivity contribution in [3.8, 4) is 0 Å². The normalized spacial score (nSPS) is 34.2. The monoisotopic (exact) mass is 347 g/mol. The molecule has 25 heavy (non-hydrogen) atoms. The molecule has 1 aromatic rings. The number of hydrogen-bond acceptors (Lipinski definition) is 5. The summed E-state index contributed by atoms with van der Waals surface area (Å²) in [5, 5.41) is 7.02. The number of amides is 1. The number of nitrogens with one attached hydrogen (secondary N) is 1. The molecule has 5 rings (SSSR count). The molecule has 1 N–H and O–H groups in total. The summed E-state index contributed by atoms with van der Waals surface area (Å²) in [4.78, 5) is 17.0. The molecule has 0 radical (unpaired) electrons. The molecule has 1 heterocycles. The molecule has 4 saturated carbocycles. The van der Waals surface area contributed by atoms with Crippen molar-refractivity contribution in [2.45, 2.75) is 64.3 Å². The van der Waals surface area contributed by atoms with Crippen molar-refractivity contribution in [3.05, 3.63) is 11.7 Å². The first-order valence-corrected chi connectivity index (χ1v) is 9.66. The summed E-state index contributed by atoms with van der Waals surface area (Å²) < 4.78 is 10.3. The minimum Gasteiger partial charge on any atom is -0.384 e. The minimum atomic E-state index is -0.245. The molecule has 6 nitrogen and oxygen atoms in total. The van der Waals surface area contributed by atoms with E-state index in [9.17, 15) is 4.79 Å². The van der Waals surface area contributed by atoms with Gasteiger partial charge in [-0.05, 0) is 68.6 Å². The number of nitrogens with zero attached hydrogens (tertiary/aromatic N) is 2. The minimum absolute atomic E-state index is 0.131. The predicted molar refractivity (Wildman–Crippen MR) is 91.7 cm³/mol. The second kappa shape index (κ2) is 6.71. The van der Waals surface area contributed by atoms with Gasteiger partial charge in [-0.1, -0.05) is 5.16 Å². The molecule has 0 saturated heterocycles. The Morgan fingerprint density at radius 1 is 1.28 bits per heavy atom. The van der Waals surface area contributed by atoms with Gasteiger partial charge >= 0.3 is 0 Å². The molecule has 4 aliphatic rings. The fraction of sp³-hybridized carbons (Fsp3) is 0.842. The van der Waals surface area contributed by atoms with Crippen LogP contribution in [0.25, 0.3) is 0 Å². The van der Waals surface area contributed by atoms with Crippen LogP contribution in [0.1, 0.15) is 69.6 Å². The fourth-order valence-electron chi connectivity index (χ4n) is 5.94. The summed E-state index contributed by atoms with van der Waals surface area (Å²) in [6, 6.07) is -0.245. The van der Waals surface area contributed by atoms with E-state index in [2.05, 4.69) is 15.5 Å². The number of methoxy groups -OCH3 is 1. The molecule has 0 aromatic carbocycles. The maximum Gasteiger partial charge on any atom is 0.248 e. The first kappa shape index (κ1) is 17.0. The van der Waals surface area contributed by atoms with E-state index in [-0.39, 0.29) is 17.4 Å². The van der Waals surface area contributed by atoms with Gasteiger partial charge in [-0.25, -0.2) is 0 Å². The average Bonchev–Trinajstić information content (AvgIpc) is 2.99. The molecule has 1 unspecified atom stereocenters. The Morgan fingerprint density at radius 2 is 1.92 bits per heavy atom. The lowest BCUT2D eigenvalue weighted by molar-refractivity contribution is -0.130. The first-order valence-electron chi connectivity index (χ1n) is 9.66.